The van der Waals surface area contributed by atoms with E-state index in [1.807, 2.05) is 39.0 Å². The average molecular weight is 447 g/mol. The third kappa shape index (κ3) is 6.49. The summed E-state index contributed by atoms with van der Waals surface area (Å²) in [5.41, 5.74) is 3.73. The highest BCUT2D eigenvalue weighted by atomic mass is 79.9. The summed E-state index contributed by atoms with van der Waals surface area (Å²) in [6, 6.07) is 12.5. The predicted octanol–water partition coefficient (Wildman–Crippen LogP) is 3.22. The Labute approximate surface area is 172 Å². The molecule has 0 heterocycles. The Morgan fingerprint density at radius 3 is 2.36 bits per heavy atom. The van der Waals surface area contributed by atoms with Crippen molar-refractivity contribution >= 4 is 33.7 Å². The third-order valence-corrected chi connectivity index (χ3v) is 4.80. The molecule has 0 aromatic heterocycles. The van der Waals surface area contributed by atoms with Crippen LogP contribution in [-0.4, -0.2) is 30.9 Å². The van der Waals surface area contributed by atoms with Crippen LogP contribution in [0.2, 0.25) is 0 Å². The van der Waals surface area contributed by atoms with Crippen LogP contribution in [0.1, 0.15) is 40.0 Å². The molecule has 0 fully saturated rings. The van der Waals surface area contributed by atoms with Crippen LogP contribution in [0, 0.1) is 13.8 Å². The Bertz CT molecular complexity index is 865. The monoisotopic (exact) mass is 446 g/mol. The molecular weight excluding hydrogens is 424 g/mol. The molecule has 28 heavy (non-hydrogen) atoms. The number of aryl methyl sites for hydroxylation is 2. The lowest BCUT2D eigenvalue weighted by molar-refractivity contribution is -0.147. The quantitative estimate of drug-likeness (QED) is 0.639. The van der Waals surface area contributed by atoms with Gasteiger partial charge in [0.05, 0.1) is 6.04 Å². The summed E-state index contributed by atoms with van der Waals surface area (Å²) in [6.07, 6.45) is 0. The van der Waals surface area contributed by atoms with Gasteiger partial charge < -0.3 is 15.4 Å². The Hall–Kier alpha value is -2.67. The molecule has 2 rings (SSSR count). The maximum absolute atomic E-state index is 12.0. The van der Waals surface area contributed by atoms with Crippen LogP contribution in [0.5, 0.6) is 0 Å². The van der Waals surface area contributed by atoms with Crippen LogP contribution in [0.25, 0.3) is 0 Å². The number of halogens is 1. The number of carbonyl (C=O) groups is 3. The number of carbonyl (C=O) groups excluding carboxylic acids is 3. The second kappa shape index (κ2) is 10.0. The number of hydrogen-bond donors (Lipinski definition) is 2. The zero-order valence-electron chi connectivity index (χ0n) is 16.0. The highest BCUT2D eigenvalue weighted by Gasteiger charge is 2.13. The Morgan fingerprint density at radius 1 is 1.04 bits per heavy atom. The van der Waals surface area contributed by atoms with E-state index < -0.39 is 24.4 Å². The predicted molar refractivity (Wildman–Crippen MR) is 110 cm³/mol. The maximum Gasteiger partial charge on any atom is 0.325 e. The van der Waals surface area contributed by atoms with Gasteiger partial charge in [-0.05, 0) is 61.7 Å². The minimum absolute atomic E-state index is 0.206. The van der Waals surface area contributed by atoms with Gasteiger partial charge in [0.25, 0.3) is 11.8 Å². The zero-order valence-corrected chi connectivity index (χ0v) is 17.6. The average Bonchev–Trinajstić information content (AvgIpc) is 2.67. The van der Waals surface area contributed by atoms with Crippen molar-refractivity contribution in [3.63, 3.8) is 0 Å². The molecule has 0 spiro atoms. The molecule has 0 bridgehead atoms. The Morgan fingerprint density at radius 2 is 1.71 bits per heavy atom. The van der Waals surface area contributed by atoms with Crippen LogP contribution < -0.4 is 10.6 Å². The lowest BCUT2D eigenvalue weighted by Crippen LogP contribution is -2.34. The second-order valence-corrected chi connectivity index (χ2v) is 7.40. The molecule has 7 heteroatoms. The van der Waals surface area contributed by atoms with Crippen molar-refractivity contribution in [3.8, 4) is 0 Å². The third-order valence-electron chi connectivity index (χ3n) is 4.27. The number of esters is 1. The first-order chi connectivity index (χ1) is 13.3. The normalized spacial score (nSPS) is 11.4. The molecule has 1 unspecified atom stereocenters. The van der Waals surface area contributed by atoms with E-state index in [0.717, 1.165) is 15.6 Å². The van der Waals surface area contributed by atoms with E-state index in [2.05, 4.69) is 26.6 Å². The highest BCUT2D eigenvalue weighted by molar-refractivity contribution is 9.10. The first-order valence-corrected chi connectivity index (χ1v) is 9.61. The molecule has 0 saturated carbocycles. The van der Waals surface area contributed by atoms with Gasteiger partial charge in [-0.1, -0.05) is 34.1 Å². The van der Waals surface area contributed by atoms with Crippen LogP contribution in [-0.2, 0) is 14.3 Å². The van der Waals surface area contributed by atoms with E-state index in [4.69, 9.17) is 4.74 Å². The maximum atomic E-state index is 12.0. The lowest BCUT2D eigenvalue weighted by Gasteiger charge is -2.16. The summed E-state index contributed by atoms with van der Waals surface area (Å²) in [7, 11) is 0. The SMILES string of the molecule is Cc1ccc(C(C)NC(=O)COC(=O)CNC(=O)c2ccc(Br)cc2)cc1C. The molecule has 0 aliphatic heterocycles. The molecule has 2 aromatic rings. The summed E-state index contributed by atoms with van der Waals surface area (Å²) in [4.78, 5) is 35.7. The summed E-state index contributed by atoms with van der Waals surface area (Å²) in [5, 5.41) is 5.25. The van der Waals surface area contributed by atoms with Gasteiger partial charge in [-0.15, -0.1) is 0 Å². The fraction of sp³-hybridized carbons (Fsp3) is 0.286. The fourth-order valence-electron chi connectivity index (χ4n) is 2.45. The molecule has 2 aromatic carbocycles. The molecule has 0 aliphatic rings. The van der Waals surface area contributed by atoms with Gasteiger partial charge in [0.15, 0.2) is 6.61 Å². The molecule has 2 N–H and O–H groups in total. The fourth-order valence-corrected chi connectivity index (χ4v) is 2.72. The number of benzene rings is 2. The van der Waals surface area contributed by atoms with Crippen molar-refractivity contribution in [1.82, 2.24) is 10.6 Å². The number of rotatable bonds is 7. The Balaban J connectivity index is 1.74. The molecule has 6 nitrogen and oxygen atoms in total. The lowest BCUT2D eigenvalue weighted by atomic mass is 10.0. The van der Waals surface area contributed by atoms with E-state index in [-0.39, 0.29) is 12.6 Å². The van der Waals surface area contributed by atoms with Crippen molar-refractivity contribution in [2.75, 3.05) is 13.2 Å². The van der Waals surface area contributed by atoms with E-state index in [9.17, 15) is 14.4 Å². The van der Waals surface area contributed by atoms with Crippen LogP contribution in [0.3, 0.4) is 0 Å². The van der Waals surface area contributed by atoms with Crippen LogP contribution in [0.4, 0.5) is 0 Å². The summed E-state index contributed by atoms with van der Waals surface area (Å²) in [6.45, 7) is 5.19. The molecule has 0 radical (unpaired) electrons. The van der Waals surface area contributed by atoms with E-state index in [1.54, 1.807) is 24.3 Å². The van der Waals surface area contributed by atoms with Crippen molar-refractivity contribution in [2.45, 2.75) is 26.8 Å². The van der Waals surface area contributed by atoms with Crippen molar-refractivity contribution in [2.24, 2.45) is 0 Å². The summed E-state index contributed by atoms with van der Waals surface area (Å²) in [5.74, 6) is -1.48. The van der Waals surface area contributed by atoms with Gasteiger partial charge in [0.1, 0.15) is 6.54 Å². The minimum atomic E-state index is -0.681. The number of amides is 2. The number of hydrogen-bond acceptors (Lipinski definition) is 4. The second-order valence-electron chi connectivity index (χ2n) is 6.48. The van der Waals surface area contributed by atoms with E-state index in [0.29, 0.717) is 5.56 Å². The topological polar surface area (TPSA) is 84.5 Å². The van der Waals surface area contributed by atoms with Gasteiger partial charge >= 0.3 is 5.97 Å². The van der Waals surface area contributed by atoms with Crippen LogP contribution >= 0.6 is 15.9 Å². The number of ether oxygens (including phenoxy) is 1. The zero-order chi connectivity index (χ0) is 20.7. The number of nitrogens with one attached hydrogen (secondary N) is 2. The molecule has 148 valence electrons. The molecule has 0 saturated heterocycles. The smallest absolute Gasteiger partial charge is 0.325 e. The molecule has 1 atom stereocenters. The largest absolute Gasteiger partial charge is 0.454 e. The van der Waals surface area contributed by atoms with E-state index in [1.165, 1.54) is 5.56 Å². The standard InChI is InChI=1S/C21H23BrN2O4/c1-13-4-5-17(10-14(13)2)15(3)24-19(25)12-28-20(26)11-23-21(27)16-6-8-18(22)9-7-16/h4-10,15H,11-12H2,1-3H3,(H,23,27)(H,24,25). The van der Waals surface area contributed by atoms with Crippen molar-refractivity contribution < 1.29 is 19.1 Å². The molecular formula is C21H23BrN2O4. The molecule has 2 amide bonds. The Kier molecular flexibility index (Phi) is 7.75. The first-order valence-electron chi connectivity index (χ1n) is 8.82. The minimum Gasteiger partial charge on any atom is -0.454 e. The van der Waals surface area contributed by atoms with Crippen LogP contribution in [0.15, 0.2) is 46.9 Å². The van der Waals surface area contributed by atoms with Gasteiger partial charge in [0.2, 0.25) is 0 Å². The first kappa shape index (κ1) is 21.6. The van der Waals surface area contributed by atoms with Gasteiger partial charge in [-0.25, -0.2) is 0 Å². The highest BCUT2D eigenvalue weighted by Crippen LogP contribution is 2.16. The molecule has 0 aliphatic carbocycles. The van der Waals surface area contributed by atoms with Gasteiger partial charge in [0, 0.05) is 10.0 Å². The van der Waals surface area contributed by atoms with Crippen molar-refractivity contribution in [3.05, 3.63) is 69.2 Å². The summed E-state index contributed by atoms with van der Waals surface area (Å²) < 4.78 is 5.77. The van der Waals surface area contributed by atoms with E-state index >= 15 is 0 Å². The van der Waals surface area contributed by atoms with Crippen molar-refractivity contribution in [1.29, 1.82) is 0 Å². The summed E-state index contributed by atoms with van der Waals surface area (Å²) >= 11 is 3.29. The van der Waals surface area contributed by atoms with Gasteiger partial charge in [-0.2, -0.15) is 0 Å². The van der Waals surface area contributed by atoms with Gasteiger partial charge in [-0.3, -0.25) is 14.4 Å².